The molecule has 0 aromatic heterocycles. The van der Waals surface area contributed by atoms with Crippen LogP contribution in [0.15, 0.2) is 84.6 Å². The molecule has 33 heavy (non-hydrogen) atoms. The second-order valence-electron chi connectivity index (χ2n) is 8.19. The summed E-state index contributed by atoms with van der Waals surface area (Å²) in [6, 6.07) is 24.5. The number of fused-ring (bicyclic) bond motifs is 1. The third-order valence-electron chi connectivity index (χ3n) is 5.98. The topological polar surface area (TPSA) is 69.7 Å². The normalized spacial score (nSPS) is 15.3. The first-order valence-electron chi connectivity index (χ1n) is 10.9. The predicted molar refractivity (Wildman–Crippen MR) is 127 cm³/mol. The molecule has 2 heterocycles. The Hall–Kier alpha value is -4.19. The fourth-order valence-corrected chi connectivity index (χ4v) is 4.48. The molecular weight excluding hydrogens is 414 g/mol. The molecule has 0 fully saturated rings. The van der Waals surface area contributed by atoms with Gasteiger partial charge in [0.05, 0.1) is 12.1 Å². The minimum absolute atomic E-state index is 0.169. The van der Waals surface area contributed by atoms with Gasteiger partial charge in [0.25, 0.3) is 11.8 Å². The first kappa shape index (κ1) is 20.7. The van der Waals surface area contributed by atoms with Gasteiger partial charge in [0.2, 0.25) is 5.91 Å². The van der Waals surface area contributed by atoms with Crippen molar-refractivity contribution in [2.24, 2.45) is 0 Å². The van der Waals surface area contributed by atoms with Crippen LogP contribution in [0.5, 0.6) is 0 Å². The van der Waals surface area contributed by atoms with Gasteiger partial charge in [-0.2, -0.15) is 0 Å². The van der Waals surface area contributed by atoms with Crippen molar-refractivity contribution in [3.05, 3.63) is 101 Å². The SMILES string of the molecule is CC(=O)Nc1ccc(C2=C(N3CCc4ccccc43)C(=O)N(Cc3ccccc3)C2=O)cc1. The summed E-state index contributed by atoms with van der Waals surface area (Å²) in [4.78, 5) is 41.9. The number of imide groups is 1. The molecule has 0 aliphatic carbocycles. The third kappa shape index (κ3) is 3.80. The molecule has 6 heteroatoms. The lowest BCUT2D eigenvalue weighted by atomic mass is 10.0. The maximum absolute atomic E-state index is 13.7. The molecule has 2 aliphatic rings. The van der Waals surface area contributed by atoms with Crippen molar-refractivity contribution in [1.82, 2.24) is 4.90 Å². The standard InChI is InChI=1S/C27H23N3O3/c1-18(31)28-22-13-11-21(12-14-22)24-25(29-16-15-20-9-5-6-10-23(20)29)27(33)30(26(24)32)17-19-7-3-2-4-8-19/h2-14H,15-17H2,1H3,(H,28,31). The van der Waals surface area contributed by atoms with E-state index in [0.29, 0.717) is 29.1 Å². The molecule has 0 saturated heterocycles. The monoisotopic (exact) mass is 437 g/mol. The Morgan fingerprint density at radius 3 is 2.30 bits per heavy atom. The van der Waals surface area contributed by atoms with Gasteiger partial charge >= 0.3 is 0 Å². The summed E-state index contributed by atoms with van der Waals surface area (Å²) < 4.78 is 0. The van der Waals surface area contributed by atoms with E-state index in [1.54, 1.807) is 24.3 Å². The fraction of sp³-hybridized carbons (Fsp3) is 0.148. The summed E-state index contributed by atoms with van der Waals surface area (Å²) in [7, 11) is 0. The smallest absolute Gasteiger partial charge is 0.278 e. The van der Waals surface area contributed by atoms with Crippen molar-refractivity contribution in [3.8, 4) is 0 Å². The number of carbonyl (C=O) groups excluding carboxylic acids is 3. The number of hydrogen-bond acceptors (Lipinski definition) is 4. The van der Waals surface area contributed by atoms with Crippen molar-refractivity contribution < 1.29 is 14.4 Å². The molecule has 0 spiro atoms. The lowest BCUT2D eigenvalue weighted by Gasteiger charge is -2.22. The van der Waals surface area contributed by atoms with Gasteiger partial charge in [-0.25, -0.2) is 0 Å². The molecule has 0 bridgehead atoms. The van der Waals surface area contributed by atoms with Crippen molar-refractivity contribution in [2.45, 2.75) is 19.9 Å². The van der Waals surface area contributed by atoms with Gasteiger partial charge in [0, 0.05) is 24.8 Å². The van der Waals surface area contributed by atoms with Crippen LogP contribution in [0, 0.1) is 0 Å². The fourth-order valence-electron chi connectivity index (χ4n) is 4.48. The van der Waals surface area contributed by atoms with E-state index in [0.717, 1.165) is 23.2 Å². The highest BCUT2D eigenvalue weighted by Gasteiger charge is 2.43. The Morgan fingerprint density at radius 2 is 1.58 bits per heavy atom. The van der Waals surface area contributed by atoms with E-state index in [2.05, 4.69) is 11.4 Å². The highest BCUT2D eigenvalue weighted by atomic mass is 16.2. The first-order chi connectivity index (χ1) is 16.0. The summed E-state index contributed by atoms with van der Waals surface area (Å²) >= 11 is 0. The second-order valence-corrected chi connectivity index (χ2v) is 8.19. The average molecular weight is 437 g/mol. The number of nitrogens with zero attached hydrogens (tertiary/aromatic N) is 2. The summed E-state index contributed by atoms with van der Waals surface area (Å²) in [6.07, 6.45) is 0.814. The molecule has 164 valence electrons. The zero-order valence-corrected chi connectivity index (χ0v) is 18.2. The van der Waals surface area contributed by atoms with Crippen LogP contribution in [-0.2, 0) is 27.3 Å². The van der Waals surface area contributed by atoms with Crippen molar-refractivity contribution in [1.29, 1.82) is 0 Å². The van der Waals surface area contributed by atoms with Crippen LogP contribution in [0.2, 0.25) is 0 Å². The summed E-state index contributed by atoms with van der Waals surface area (Å²) in [5.74, 6) is -0.769. The van der Waals surface area contributed by atoms with E-state index in [4.69, 9.17) is 0 Å². The maximum atomic E-state index is 13.7. The molecule has 0 atom stereocenters. The van der Waals surface area contributed by atoms with Crippen LogP contribution in [0.4, 0.5) is 11.4 Å². The van der Waals surface area contributed by atoms with Gasteiger partial charge in [0.1, 0.15) is 5.70 Å². The molecule has 2 aliphatic heterocycles. The molecule has 1 N–H and O–H groups in total. The predicted octanol–water partition coefficient (Wildman–Crippen LogP) is 3.99. The lowest BCUT2D eigenvalue weighted by Crippen LogP contribution is -2.34. The van der Waals surface area contributed by atoms with Gasteiger partial charge in [-0.05, 0) is 41.3 Å². The Balaban J connectivity index is 1.58. The summed E-state index contributed by atoms with van der Waals surface area (Å²) in [5.41, 5.74) is 5.10. The van der Waals surface area contributed by atoms with E-state index < -0.39 is 0 Å². The lowest BCUT2D eigenvalue weighted by molar-refractivity contribution is -0.137. The number of rotatable bonds is 5. The summed E-state index contributed by atoms with van der Waals surface area (Å²) in [5, 5.41) is 2.74. The molecule has 3 aromatic carbocycles. The minimum atomic E-state index is -0.310. The Labute approximate surface area is 192 Å². The molecule has 0 radical (unpaired) electrons. The van der Waals surface area contributed by atoms with Gasteiger partial charge in [0.15, 0.2) is 0 Å². The van der Waals surface area contributed by atoms with Crippen LogP contribution in [0.1, 0.15) is 23.6 Å². The highest BCUT2D eigenvalue weighted by Crippen LogP contribution is 2.39. The Bertz CT molecular complexity index is 1280. The number of carbonyl (C=O) groups is 3. The number of para-hydroxylation sites is 1. The van der Waals surface area contributed by atoms with Gasteiger partial charge in [-0.1, -0.05) is 60.7 Å². The summed E-state index contributed by atoms with van der Waals surface area (Å²) in [6.45, 7) is 2.30. The van der Waals surface area contributed by atoms with E-state index in [1.807, 2.05) is 53.4 Å². The minimum Gasteiger partial charge on any atom is -0.336 e. The van der Waals surface area contributed by atoms with Crippen molar-refractivity contribution >= 4 is 34.7 Å². The van der Waals surface area contributed by atoms with Crippen molar-refractivity contribution in [3.63, 3.8) is 0 Å². The van der Waals surface area contributed by atoms with E-state index in [1.165, 1.54) is 11.8 Å². The number of amides is 3. The van der Waals surface area contributed by atoms with Gasteiger partial charge < -0.3 is 10.2 Å². The number of nitrogens with one attached hydrogen (secondary N) is 1. The number of anilines is 2. The number of benzene rings is 3. The molecule has 3 amide bonds. The first-order valence-corrected chi connectivity index (χ1v) is 10.9. The molecule has 3 aromatic rings. The quantitative estimate of drug-likeness (QED) is 0.613. The molecule has 0 unspecified atom stereocenters. The molecule has 0 saturated carbocycles. The van der Waals surface area contributed by atoms with Crippen LogP contribution < -0.4 is 10.2 Å². The molecule has 5 rings (SSSR count). The second kappa shape index (κ2) is 8.39. The average Bonchev–Trinajstić information content (AvgIpc) is 3.34. The van der Waals surface area contributed by atoms with E-state index in [9.17, 15) is 14.4 Å². The maximum Gasteiger partial charge on any atom is 0.278 e. The molecular formula is C27H23N3O3. The van der Waals surface area contributed by atoms with Crippen LogP contribution in [0.3, 0.4) is 0 Å². The van der Waals surface area contributed by atoms with Crippen molar-refractivity contribution in [2.75, 3.05) is 16.8 Å². The van der Waals surface area contributed by atoms with Crippen LogP contribution >= 0.6 is 0 Å². The zero-order chi connectivity index (χ0) is 22.9. The highest BCUT2D eigenvalue weighted by molar-refractivity contribution is 6.36. The van der Waals surface area contributed by atoms with Gasteiger partial charge in [-0.15, -0.1) is 0 Å². The van der Waals surface area contributed by atoms with E-state index >= 15 is 0 Å². The van der Waals surface area contributed by atoms with E-state index in [-0.39, 0.29) is 24.3 Å². The van der Waals surface area contributed by atoms with Crippen LogP contribution in [-0.4, -0.2) is 29.2 Å². The number of hydrogen-bond donors (Lipinski definition) is 1. The third-order valence-corrected chi connectivity index (χ3v) is 5.98. The van der Waals surface area contributed by atoms with Gasteiger partial charge in [-0.3, -0.25) is 19.3 Å². The van der Waals surface area contributed by atoms with Crippen LogP contribution in [0.25, 0.3) is 5.57 Å². The Morgan fingerprint density at radius 1 is 0.879 bits per heavy atom. The molecule has 6 nitrogen and oxygen atoms in total. The Kier molecular flexibility index (Phi) is 5.26. The largest absolute Gasteiger partial charge is 0.336 e. The zero-order valence-electron chi connectivity index (χ0n) is 18.2.